The Morgan fingerprint density at radius 3 is 2.52 bits per heavy atom. The fourth-order valence-corrected chi connectivity index (χ4v) is 2.91. The second-order valence-electron chi connectivity index (χ2n) is 6.36. The van der Waals surface area contributed by atoms with Crippen molar-refractivity contribution >= 4 is 17.5 Å². The van der Waals surface area contributed by atoms with Gasteiger partial charge >= 0.3 is 12.2 Å². The molecule has 0 bridgehead atoms. The molecule has 2 aromatic rings. The van der Waals surface area contributed by atoms with E-state index < -0.39 is 12.8 Å². The Labute approximate surface area is 166 Å². The molecule has 1 aliphatic rings. The monoisotopic (exact) mass is 410 g/mol. The van der Waals surface area contributed by atoms with Crippen molar-refractivity contribution in [3.8, 4) is 11.5 Å². The average molecular weight is 410 g/mol. The summed E-state index contributed by atoms with van der Waals surface area (Å²) in [6.07, 6.45) is -2.76. The van der Waals surface area contributed by atoms with Crippen LogP contribution in [0, 0.1) is 0 Å². The number of hydrogen-bond donors (Lipinski definition) is 1. The number of halogens is 3. The predicted molar refractivity (Wildman–Crippen MR) is 102 cm³/mol. The van der Waals surface area contributed by atoms with E-state index in [0.717, 1.165) is 5.82 Å². The van der Waals surface area contributed by atoms with Crippen molar-refractivity contribution in [2.45, 2.75) is 6.18 Å². The number of rotatable bonds is 5. The lowest BCUT2D eigenvalue weighted by Crippen LogP contribution is -2.50. The van der Waals surface area contributed by atoms with Crippen LogP contribution < -0.4 is 19.7 Å². The Morgan fingerprint density at radius 1 is 1.14 bits per heavy atom. The summed E-state index contributed by atoms with van der Waals surface area (Å²) in [4.78, 5) is 20.5. The highest BCUT2D eigenvalue weighted by molar-refractivity contribution is 5.90. The summed E-state index contributed by atoms with van der Waals surface area (Å²) in [5.41, 5.74) is 0.320. The third kappa shape index (κ3) is 5.66. The molecular formula is C19H21F3N4O3. The minimum Gasteiger partial charge on any atom is -0.493 e. The second-order valence-corrected chi connectivity index (χ2v) is 6.36. The molecule has 1 aromatic heterocycles. The van der Waals surface area contributed by atoms with Gasteiger partial charge in [-0.05, 0) is 24.3 Å². The number of hydrogen-bond acceptors (Lipinski definition) is 5. The molecule has 0 spiro atoms. The van der Waals surface area contributed by atoms with Crippen LogP contribution in [0.3, 0.4) is 0 Å². The van der Waals surface area contributed by atoms with Gasteiger partial charge in [-0.25, -0.2) is 9.78 Å². The van der Waals surface area contributed by atoms with Crippen molar-refractivity contribution in [2.75, 3.05) is 50.1 Å². The SMILES string of the molecule is COc1ccc(NC(=O)N2CCN(c3ccccn3)CC2)cc1OCC(F)(F)F. The first-order valence-electron chi connectivity index (χ1n) is 8.95. The number of carbonyl (C=O) groups is 1. The number of aromatic nitrogens is 1. The lowest BCUT2D eigenvalue weighted by atomic mass is 10.2. The molecule has 29 heavy (non-hydrogen) atoms. The van der Waals surface area contributed by atoms with Crippen molar-refractivity contribution in [1.82, 2.24) is 9.88 Å². The molecule has 1 N–H and O–H groups in total. The summed E-state index contributed by atoms with van der Waals surface area (Å²) in [7, 11) is 1.33. The Kier molecular flexibility index (Phi) is 6.30. The van der Waals surface area contributed by atoms with Crippen LogP contribution in [0.5, 0.6) is 11.5 Å². The standard InChI is InChI=1S/C19H21F3N4O3/c1-28-15-6-5-14(12-16(15)29-13-19(20,21)22)24-18(27)26-10-8-25(9-11-26)17-4-2-3-7-23-17/h2-7,12H,8-11,13H2,1H3,(H,24,27). The van der Waals surface area contributed by atoms with E-state index in [2.05, 4.69) is 15.2 Å². The average Bonchev–Trinajstić information content (AvgIpc) is 2.72. The van der Waals surface area contributed by atoms with Crippen LogP contribution in [0.1, 0.15) is 0 Å². The fourth-order valence-electron chi connectivity index (χ4n) is 2.91. The summed E-state index contributed by atoms with van der Waals surface area (Å²) >= 11 is 0. The molecule has 0 radical (unpaired) electrons. The van der Waals surface area contributed by atoms with E-state index in [9.17, 15) is 18.0 Å². The van der Waals surface area contributed by atoms with Crippen molar-refractivity contribution in [2.24, 2.45) is 0 Å². The highest BCUT2D eigenvalue weighted by Crippen LogP contribution is 2.31. The molecule has 0 aliphatic carbocycles. The Balaban J connectivity index is 1.59. The van der Waals surface area contributed by atoms with Gasteiger partial charge in [0.15, 0.2) is 18.1 Å². The van der Waals surface area contributed by atoms with E-state index in [1.54, 1.807) is 17.2 Å². The van der Waals surface area contributed by atoms with Gasteiger partial charge in [0.1, 0.15) is 5.82 Å². The highest BCUT2D eigenvalue weighted by Gasteiger charge is 2.29. The van der Waals surface area contributed by atoms with E-state index in [4.69, 9.17) is 9.47 Å². The van der Waals surface area contributed by atoms with Crippen LogP contribution in [0.2, 0.25) is 0 Å². The Hall–Kier alpha value is -3.17. The van der Waals surface area contributed by atoms with E-state index in [1.807, 2.05) is 18.2 Å². The number of urea groups is 1. The number of alkyl halides is 3. The smallest absolute Gasteiger partial charge is 0.422 e. The summed E-state index contributed by atoms with van der Waals surface area (Å²) < 4.78 is 47.1. The van der Waals surface area contributed by atoms with Crippen LogP contribution >= 0.6 is 0 Å². The first-order chi connectivity index (χ1) is 13.9. The molecule has 0 unspecified atom stereocenters. The first kappa shape index (κ1) is 20.6. The number of piperazine rings is 1. The van der Waals surface area contributed by atoms with Crippen molar-refractivity contribution in [3.63, 3.8) is 0 Å². The van der Waals surface area contributed by atoms with Gasteiger partial charge in [0.2, 0.25) is 0 Å². The van der Waals surface area contributed by atoms with Crippen molar-refractivity contribution < 1.29 is 27.4 Å². The van der Waals surface area contributed by atoms with E-state index in [1.165, 1.54) is 19.2 Å². The fraction of sp³-hybridized carbons (Fsp3) is 0.368. The van der Waals surface area contributed by atoms with Crippen LogP contribution in [-0.2, 0) is 0 Å². The quantitative estimate of drug-likeness (QED) is 0.819. The van der Waals surface area contributed by atoms with Gasteiger partial charge in [-0.3, -0.25) is 0 Å². The van der Waals surface area contributed by atoms with Gasteiger partial charge < -0.3 is 24.6 Å². The molecule has 156 valence electrons. The Bertz CT molecular complexity index is 825. The largest absolute Gasteiger partial charge is 0.493 e. The number of amides is 2. The number of nitrogens with zero attached hydrogens (tertiary/aromatic N) is 3. The maximum Gasteiger partial charge on any atom is 0.422 e. The summed E-state index contributed by atoms with van der Waals surface area (Å²) in [5, 5.41) is 2.69. The topological polar surface area (TPSA) is 66.9 Å². The van der Waals surface area contributed by atoms with Crippen LogP contribution in [0.15, 0.2) is 42.6 Å². The molecule has 2 amide bonds. The molecule has 3 rings (SSSR count). The Morgan fingerprint density at radius 2 is 1.90 bits per heavy atom. The van der Waals surface area contributed by atoms with E-state index >= 15 is 0 Å². The normalized spacial score (nSPS) is 14.5. The van der Waals surface area contributed by atoms with E-state index in [0.29, 0.717) is 31.9 Å². The van der Waals surface area contributed by atoms with Crippen LogP contribution in [0.25, 0.3) is 0 Å². The number of carbonyl (C=O) groups excluding carboxylic acids is 1. The lowest BCUT2D eigenvalue weighted by Gasteiger charge is -2.35. The van der Waals surface area contributed by atoms with Gasteiger partial charge in [0, 0.05) is 44.1 Å². The molecule has 1 saturated heterocycles. The zero-order valence-corrected chi connectivity index (χ0v) is 15.8. The van der Waals surface area contributed by atoms with Gasteiger partial charge in [-0.15, -0.1) is 0 Å². The van der Waals surface area contributed by atoms with Gasteiger partial charge in [0.05, 0.1) is 7.11 Å². The zero-order chi connectivity index (χ0) is 20.9. The molecule has 0 saturated carbocycles. The number of nitrogens with one attached hydrogen (secondary N) is 1. The summed E-state index contributed by atoms with van der Waals surface area (Å²) in [5.74, 6) is 0.910. The van der Waals surface area contributed by atoms with Crippen LogP contribution in [-0.4, -0.2) is 62.0 Å². The third-order valence-electron chi connectivity index (χ3n) is 4.35. The second kappa shape index (κ2) is 8.89. The lowest BCUT2D eigenvalue weighted by molar-refractivity contribution is -0.153. The zero-order valence-electron chi connectivity index (χ0n) is 15.8. The maximum atomic E-state index is 12.5. The van der Waals surface area contributed by atoms with Gasteiger partial charge in [0.25, 0.3) is 0 Å². The number of methoxy groups -OCH3 is 1. The van der Waals surface area contributed by atoms with Crippen LogP contribution in [0.4, 0.5) is 29.5 Å². The van der Waals surface area contributed by atoms with Crippen molar-refractivity contribution in [1.29, 1.82) is 0 Å². The number of pyridine rings is 1. The summed E-state index contributed by atoms with van der Waals surface area (Å²) in [6.45, 7) is 0.808. The van der Waals surface area contributed by atoms with Crippen molar-refractivity contribution in [3.05, 3.63) is 42.6 Å². The number of anilines is 2. The minimum absolute atomic E-state index is 0.0948. The molecular weight excluding hydrogens is 389 g/mol. The molecule has 1 aromatic carbocycles. The molecule has 2 heterocycles. The maximum absolute atomic E-state index is 12.5. The number of benzene rings is 1. The van der Waals surface area contributed by atoms with Gasteiger partial charge in [-0.2, -0.15) is 13.2 Å². The highest BCUT2D eigenvalue weighted by atomic mass is 19.4. The first-order valence-corrected chi connectivity index (χ1v) is 8.95. The predicted octanol–water partition coefficient (Wildman–Crippen LogP) is 3.39. The molecule has 0 atom stereocenters. The molecule has 1 aliphatic heterocycles. The minimum atomic E-state index is -4.47. The molecule has 1 fully saturated rings. The van der Waals surface area contributed by atoms with E-state index in [-0.39, 0.29) is 17.5 Å². The molecule has 7 nitrogen and oxygen atoms in total. The van der Waals surface area contributed by atoms with Gasteiger partial charge in [-0.1, -0.05) is 6.07 Å². The molecule has 10 heteroatoms. The number of ether oxygens (including phenoxy) is 2. The third-order valence-corrected chi connectivity index (χ3v) is 4.35. The summed E-state index contributed by atoms with van der Waals surface area (Å²) in [6, 6.07) is 9.62.